The first-order chi connectivity index (χ1) is 7.36. The van der Waals surface area contributed by atoms with Gasteiger partial charge in [0.2, 0.25) is 0 Å². The molecular weight excluding hydrogens is 190 g/mol. The lowest BCUT2D eigenvalue weighted by Gasteiger charge is -2.21. The van der Waals surface area contributed by atoms with Crippen molar-refractivity contribution in [3.8, 4) is 6.01 Å². The van der Waals surface area contributed by atoms with E-state index in [0.29, 0.717) is 6.01 Å². The number of hydrogen-bond acceptors (Lipinski definition) is 4. The molecule has 0 radical (unpaired) electrons. The van der Waals surface area contributed by atoms with Gasteiger partial charge in [-0.1, -0.05) is 12.8 Å². The molecule has 82 valence electrons. The summed E-state index contributed by atoms with van der Waals surface area (Å²) in [7, 11) is 0. The third kappa shape index (κ3) is 2.89. The minimum Gasteiger partial charge on any atom is -0.458 e. The lowest BCUT2D eigenvalue weighted by Crippen LogP contribution is -2.38. The molecule has 4 heteroatoms. The first kappa shape index (κ1) is 10.4. The molecule has 2 atom stereocenters. The maximum atomic E-state index is 6.05. The van der Waals surface area contributed by atoms with Gasteiger partial charge in [-0.15, -0.1) is 0 Å². The van der Waals surface area contributed by atoms with Crippen LogP contribution in [0.25, 0.3) is 0 Å². The largest absolute Gasteiger partial charge is 0.458 e. The summed E-state index contributed by atoms with van der Waals surface area (Å²) in [6, 6.07) is 2.34. The molecule has 1 fully saturated rings. The van der Waals surface area contributed by atoms with Crippen LogP contribution < -0.4 is 10.5 Å². The molecule has 1 saturated carbocycles. The van der Waals surface area contributed by atoms with E-state index in [4.69, 9.17) is 10.5 Å². The van der Waals surface area contributed by atoms with Gasteiger partial charge in [0.15, 0.2) is 0 Å². The van der Waals surface area contributed by atoms with Crippen LogP contribution in [0.2, 0.25) is 0 Å². The zero-order valence-corrected chi connectivity index (χ0v) is 8.80. The smallest absolute Gasteiger partial charge is 0.316 e. The third-order valence-corrected chi connectivity index (χ3v) is 2.80. The summed E-state index contributed by atoms with van der Waals surface area (Å²) in [6.07, 6.45) is 9.15. The Balaban J connectivity index is 1.97. The number of aromatic nitrogens is 2. The zero-order chi connectivity index (χ0) is 10.5. The van der Waals surface area contributed by atoms with Crippen LogP contribution in [0.4, 0.5) is 0 Å². The van der Waals surface area contributed by atoms with Gasteiger partial charge in [0.25, 0.3) is 0 Å². The van der Waals surface area contributed by atoms with E-state index in [2.05, 4.69) is 9.97 Å². The van der Waals surface area contributed by atoms with Crippen LogP contribution in [0.15, 0.2) is 18.5 Å². The summed E-state index contributed by atoms with van der Waals surface area (Å²) in [5.74, 6) is 0. The maximum Gasteiger partial charge on any atom is 0.316 e. The third-order valence-electron chi connectivity index (χ3n) is 2.80. The molecule has 1 aromatic heterocycles. The molecule has 0 amide bonds. The van der Waals surface area contributed by atoms with Gasteiger partial charge in [0.1, 0.15) is 6.10 Å². The van der Waals surface area contributed by atoms with Crippen LogP contribution in [0, 0.1) is 0 Å². The number of nitrogens with two attached hydrogens (primary N) is 1. The fraction of sp³-hybridized carbons (Fsp3) is 0.636. The molecule has 0 aliphatic heterocycles. The second-order valence-electron chi connectivity index (χ2n) is 3.99. The highest BCUT2D eigenvalue weighted by Gasteiger charge is 2.22. The molecule has 4 nitrogen and oxygen atoms in total. The van der Waals surface area contributed by atoms with E-state index in [0.717, 1.165) is 12.8 Å². The van der Waals surface area contributed by atoms with Crippen LogP contribution >= 0.6 is 0 Å². The molecule has 15 heavy (non-hydrogen) atoms. The van der Waals surface area contributed by atoms with Gasteiger partial charge in [0.05, 0.1) is 0 Å². The summed E-state index contributed by atoms with van der Waals surface area (Å²) in [5, 5.41) is 0. The maximum absolute atomic E-state index is 6.05. The molecule has 0 saturated heterocycles. The van der Waals surface area contributed by atoms with E-state index >= 15 is 0 Å². The highest BCUT2D eigenvalue weighted by molar-refractivity contribution is 4.95. The van der Waals surface area contributed by atoms with Gasteiger partial charge in [0, 0.05) is 18.4 Å². The van der Waals surface area contributed by atoms with Crippen LogP contribution in [0.5, 0.6) is 6.01 Å². The number of rotatable bonds is 2. The van der Waals surface area contributed by atoms with Crippen molar-refractivity contribution < 1.29 is 4.74 Å². The first-order valence-corrected chi connectivity index (χ1v) is 5.55. The Hall–Kier alpha value is -1.16. The summed E-state index contributed by atoms with van der Waals surface area (Å²) in [6.45, 7) is 0. The fourth-order valence-corrected chi connectivity index (χ4v) is 1.93. The predicted octanol–water partition coefficient (Wildman–Crippen LogP) is 1.52. The Morgan fingerprint density at radius 2 is 1.87 bits per heavy atom. The molecule has 1 aliphatic carbocycles. The SMILES string of the molecule is NC1CCCCCC1Oc1ncccn1. The van der Waals surface area contributed by atoms with E-state index in [1.54, 1.807) is 18.5 Å². The molecule has 1 aliphatic rings. The number of ether oxygens (including phenoxy) is 1. The van der Waals surface area contributed by atoms with Gasteiger partial charge in [-0.3, -0.25) is 0 Å². The molecule has 1 aromatic rings. The molecule has 0 aromatic carbocycles. The molecule has 2 unspecified atom stereocenters. The normalized spacial score (nSPS) is 27.0. The van der Waals surface area contributed by atoms with Crippen molar-refractivity contribution in [3.63, 3.8) is 0 Å². The average Bonchev–Trinajstić information content (AvgIpc) is 2.46. The van der Waals surface area contributed by atoms with Crippen LogP contribution in [-0.2, 0) is 0 Å². The van der Waals surface area contributed by atoms with Crippen molar-refractivity contribution in [2.45, 2.75) is 44.2 Å². The summed E-state index contributed by atoms with van der Waals surface area (Å²) in [5.41, 5.74) is 6.05. The van der Waals surface area contributed by atoms with Crippen molar-refractivity contribution in [2.75, 3.05) is 0 Å². The van der Waals surface area contributed by atoms with E-state index in [1.807, 2.05) is 0 Å². The molecule has 2 N–H and O–H groups in total. The average molecular weight is 207 g/mol. The fourth-order valence-electron chi connectivity index (χ4n) is 1.93. The lowest BCUT2D eigenvalue weighted by molar-refractivity contribution is 0.148. The first-order valence-electron chi connectivity index (χ1n) is 5.55. The minimum atomic E-state index is 0.0786. The van der Waals surface area contributed by atoms with Crippen LogP contribution in [0.1, 0.15) is 32.1 Å². The van der Waals surface area contributed by atoms with Crippen molar-refractivity contribution in [1.29, 1.82) is 0 Å². The Bertz CT molecular complexity index is 291. The number of hydrogen-bond donors (Lipinski definition) is 1. The van der Waals surface area contributed by atoms with Crippen molar-refractivity contribution in [3.05, 3.63) is 18.5 Å². The van der Waals surface area contributed by atoms with Crippen LogP contribution in [-0.4, -0.2) is 22.1 Å². The van der Waals surface area contributed by atoms with Crippen molar-refractivity contribution in [1.82, 2.24) is 9.97 Å². The molecule has 1 heterocycles. The summed E-state index contributed by atoms with van der Waals surface area (Å²) < 4.78 is 5.70. The van der Waals surface area contributed by atoms with E-state index in [1.165, 1.54) is 19.3 Å². The van der Waals surface area contributed by atoms with Gasteiger partial charge in [-0.2, -0.15) is 0 Å². The standard InChI is InChI=1S/C11H17N3O/c12-9-5-2-1-3-6-10(9)15-11-13-7-4-8-14-11/h4,7-10H,1-3,5-6,12H2. The number of nitrogens with zero attached hydrogens (tertiary/aromatic N) is 2. The zero-order valence-electron chi connectivity index (χ0n) is 8.80. The summed E-state index contributed by atoms with van der Waals surface area (Å²) >= 11 is 0. The molecule has 0 bridgehead atoms. The van der Waals surface area contributed by atoms with Gasteiger partial charge < -0.3 is 10.5 Å². The quantitative estimate of drug-likeness (QED) is 0.747. The molecule has 2 rings (SSSR count). The van der Waals surface area contributed by atoms with Crippen molar-refractivity contribution >= 4 is 0 Å². The Morgan fingerprint density at radius 3 is 2.67 bits per heavy atom. The Kier molecular flexibility index (Phi) is 3.50. The van der Waals surface area contributed by atoms with Gasteiger partial charge >= 0.3 is 6.01 Å². The topological polar surface area (TPSA) is 61.0 Å². The van der Waals surface area contributed by atoms with E-state index in [9.17, 15) is 0 Å². The highest BCUT2D eigenvalue weighted by Crippen LogP contribution is 2.19. The van der Waals surface area contributed by atoms with Crippen molar-refractivity contribution in [2.24, 2.45) is 5.73 Å². The predicted molar refractivity (Wildman–Crippen MR) is 57.5 cm³/mol. The second kappa shape index (κ2) is 5.07. The summed E-state index contributed by atoms with van der Waals surface area (Å²) in [4.78, 5) is 8.10. The van der Waals surface area contributed by atoms with Gasteiger partial charge in [-0.25, -0.2) is 9.97 Å². The van der Waals surface area contributed by atoms with E-state index in [-0.39, 0.29) is 12.1 Å². The van der Waals surface area contributed by atoms with Gasteiger partial charge in [-0.05, 0) is 25.3 Å². The molecule has 0 spiro atoms. The Labute approximate surface area is 89.9 Å². The monoisotopic (exact) mass is 207 g/mol. The van der Waals surface area contributed by atoms with E-state index < -0.39 is 0 Å². The minimum absolute atomic E-state index is 0.0786. The lowest BCUT2D eigenvalue weighted by atomic mass is 10.1. The molecular formula is C11H17N3O. The highest BCUT2D eigenvalue weighted by atomic mass is 16.5. The van der Waals surface area contributed by atoms with Crippen LogP contribution in [0.3, 0.4) is 0 Å². The Morgan fingerprint density at radius 1 is 1.13 bits per heavy atom. The second-order valence-corrected chi connectivity index (χ2v) is 3.99.